The second kappa shape index (κ2) is 6.31. The van der Waals surface area contributed by atoms with Crippen LogP contribution in [0.5, 0.6) is 0 Å². The quantitative estimate of drug-likeness (QED) is 0.544. The van der Waals surface area contributed by atoms with Crippen molar-refractivity contribution in [2.75, 3.05) is 5.32 Å². The Bertz CT molecular complexity index is 1040. The Labute approximate surface area is 151 Å². The molecule has 4 rings (SSSR count). The van der Waals surface area contributed by atoms with E-state index in [0.29, 0.717) is 5.69 Å². The van der Waals surface area contributed by atoms with E-state index in [1.807, 2.05) is 28.2 Å². The number of fused-ring (bicyclic) bond motifs is 1. The summed E-state index contributed by atoms with van der Waals surface area (Å²) in [5.41, 5.74) is 2.02. The van der Waals surface area contributed by atoms with Crippen LogP contribution in [-0.4, -0.2) is 15.3 Å². The van der Waals surface area contributed by atoms with E-state index in [1.54, 1.807) is 29.5 Å². The number of thiazole rings is 1. The Kier molecular flexibility index (Phi) is 3.99. The Balaban J connectivity index is 1.63. The molecule has 4 aromatic rings. The third-order valence-electron chi connectivity index (χ3n) is 3.70. The molecule has 0 aliphatic carbocycles. The summed E-state index contributed by atoms with van der Waals surface area (Å²) in [5, 5.41) is 4.71. The first-order chi connectivity index (χ1) is 12.1. The van der Waals surface area contributed by atoms with E-state index in [1.165, 1.54) is 18.2 Å². The first-order valence-corrected chi connectivity index (χ1v) is 8.65. The molecule has 0 saturated carbocycles. The molecule has 2 aromatic heterocycles. The highest BCUT2D eigenvalue weighted by molar-refractivity contribution is 7.15. The van der Waals surface area contributed by atoms with Crippen LogP contribution < -0.4 is 5.32 Å². The number of benzene rings is 2. The number of carbonyl (C=O) groups excluding carboxylic acids is 1. The third kappa shape index (κ3) is 3.01. The fourth-order valence-corrected chi connectivity index (χ4v) is 3.48. The highest BCUT2D eigenvalue weighted by Gasteiger charge is 2.16. The van der Waals surface area contributed by atoms with Crippen LogP contribution in [0.3, 0.4) is 0 Å². The fraction of sp³-hybridized carbons (Fsp3) is 0. The lowest BCUT2D eigenvalue weighted by Crippen LogP contribution is -2.14. The molecule has 4 nitrogen and oxygen atoms in total. The van der Waals surface area contributed by atoms with Crippen molar-refractivity contribution < 1.29 is 9.18 Å². The minimum atomic E-state index is -0.657. The smallest absolute Gasteiger partial charge is 0.260 e. The summed E-state index contributed by atoms with van der Waals surface area (Å²) in [5.74, 6) is -1.25. The zero-order valence-corrected chi connectivity index (χ0v) is 14.3. The van der Waals surface area contributed by atoms with Gasteiger partial charge in [-0.15, -0.1) is 11.3 Å². The zero-order valence-electron chi connectivity index (χ0n) is 12.7. The second-order valence-corrected chi connectivity index (χ2v) is 6.63. The molecule has 0 aliphatic heterocycles. The molecule has 0 aliphatic rings. The maximum atomic E-state index is 13.9. The van der Waals surface area contributed by atoms with Gasteiger partial charge in [0.25, 0.3) is 5.91 Å². The largest absolute Gasteiger partial charge is 0.322 e. The van der Waals surface area contributed by atoms with Gasteiger partial charge < -0.3 is 5.32 Å². The fourth-order valence-electron chi connectivity index (χ4n) is 2.53. The summed E-state index contributed by atoms with van der Waals surface area (Å²) >= 11 is 7.48. The van der Waals surface area contributed by atoms with Crippen molar-refractivity contribution in [1.82, 2.24) is 9.38 Å². The van der Waals surface area contributed by atoms with Crippen molar-refractivity contribution in [2.45, 2.75) is 0 Å². The van der Waals surface area contributed by atoms with E-state index in [0.717, 1.165) is 16.2 Å². The molecule has 1 amide bonds. The van der Waals surface area contributed by atoms with Crippen LogP contribution in [0.1, 0.15) is 10.4 Å². The lowest BCUT2D eigenvalue weighted by molar-refractivity contribution is 0.102. The summed E-state index contributed by atoms with van der Waals surface area (Å²) in [7, 11) is 0. The number of nitrogens with one attached hydrogen (secondary N) is 1. The minimum Gasteiger partial charge on any atom is -0.322 e. The average Bonchev–Trinajstić information content (AvgIpc) is 3.16. The number of hydrogen-bond donors (Lipinski definition) is 1. The van der Waals surface area contributed by atoms with E-state index < -0.39 is 11.7 Å². The molecule has 1 N–H and O–H groups in total. The molecule has 2 heterocycles. The van der Waals surface area contributed by atoms with Gasteiger partial charge >= 0.3 is 0 Å². The molecule has 2 aromatic carbocycles. The van der Waals surface area contributed by atoms with Crippen molar-refractivity contribution in [3.8, 4) is 11.3 Å². The maximum absolute atomic E-state index is 13.9. The normalized spacial score (nSPS) is 11.0. The molecular formula is C18H11ClFN3OS. The molecular weight excluding hydrogens is 361 g/mol. The van der Waals surface area contributed by atoms with E-state index in [4.69, 9.17) is 11.6 Å². The van der Waals surface area contributed by atoms with Gasteiger partial charge in [-0.1, -0.05) is 29.8 Å². The molecule has 124 valence electrons. The van der Waals surface area contributed by atoms with E-state index >= 15 is 0 Å². The number of aromatic nitrogens is 2. The predicted octanol–water partition coefficient (Wildman–Crippen LogP) is 5.11. The van der Waals surface area contributed by atoms with E-state index in [9.17, 15) is 9.18 Å². The van der Waals surface area contributed by atoms with Crippen LogP contribution in [0.2, 0.25) is 5.02 Å². The maximum Gasteiger partial charge on any atom is 0.260 e. The minimum absolute atomic E-state index is 0.0722. The number of amides is 1. The van der Waals surface area contributed by atoms with Crippen LogP contribution in [0.4, 0.5) is 10.1 Å². The highest BCUT2D eigenvalue weighted by atomic mass is 35.5. The van der Waals surface area contributed by atoms with Crippen LogP contribution in [0, 0.1) is 5.82 Å². The van der Waals surface area contributed by atoms with Crippen LogP contribution in [0.25, 0.3) is 16.2 Å². The molecule has 0 unspecified atom stereocenters. The van der Waals surface area contributed by atoms with Crippen LogP contribution >= 0.6 is 22.9 Å². The van der Waals surface area contributed by atoms with Crippen LogP contribution in [0.15, 0.2) is 60.2 Å². The van der Waals surface area contributed by atoms with Gasteiger partial charge in [0.05, 0.1) is 16.3 Å². The second-order valence-electron chi connectivity index (χ2n) is 5.35. The summed E-state index contributed by atoms with van der Waals surface area (Å²) in [4.78, 5) is 17.8. The molecule has 0 fully saturated rings. The number of anilines is 1. The number of carbonyl (C=O) groups is 1. The Morgan fingerprint density at radius 3 is 2.88 bits per heavy atom. The number of rotatable bonds is 3. The van der Waals surface area contributed by atoms with Crippen LogP contribution in [-0.2, 0) is 0 Å². The molecule has 0 spiro atoms. The van der Waals surface area contributed by atoms with Crippen molar-refractivity contribution in [3.05, 3.63) is 76.6 Å². The van der Waals surface area contributed by atoms with Gasteiger partial charge in [-0.2, -0.15) is 0 Å². The monoisotopic (exact) mass is 371 g/mol. The number of halogens is 2. The lowest BCUT2D eigenvalue weighted by atomic mass is 10.1. The molecule has 0 atom stereocenters. The standard InChI is InChI=1S/C18H11ClFN3OS/c19-13-5-2-6-14(20)16(13)17(24)21-12-4-1-3-11(9-12)15-10-23-7-8-25-18(23)22-15/h1-10H,(H,21,24). The Morgan fingerprint density at radius 2 is 2.08 bits per heavy atom. The summed E-state index contributed by atoms with van der Waals surface area (Å²) in [6.45, 7) is 0. The summed E-state index contributed by atoms with van der Waals surface area (Å²) < 4.78 is 15.8. The molecule has 0 radical (unpaired) electrons. The first-order valence-electron chi connectivity index (χ1n) is 7.40. The zero-order chi connectivity index (χ0) is 17.4. The van der Waals surface area contributed by atoms with Crippen molar-refractivity contribution in [1.29, 1.82) is 0 Å². The lowest BCUT2D eigenvalue weighted by Gasteiger charge is -2.08. The molecule has 7 heteroatoms. The van der Waals surface area contributed by atoms with E-state index in [2.05, 4.69) is 10.3 Å². The Hall–Kier alpha value is -2.70. The number of hydrogen-bond acceptors (Lipinski definition) is 3. The Morgan fingerprint density at radius 1 is 1.24 bits per heavy atom. The average molecular weight is 372 g/mol. The van der Waals surface area contributed by atoms with Gasteiger partial charge in [-0.05, 0) is 24.3 Å². The van der Waals surface area contributed by atoms with Gasteiger partial charge in [0.15, 0.2) is 4.96 Å². The van der Waals surface area contributed by atoms with Gasteiger partial charge in [-0.25, -0.2) is 9.37 Å². The number of imidazole rings is 1. The predicted molar refractivity (Wildman–Crippen MR) is 97.9 cm³/mol. The first kappa shape index (κ1) is 15.8. The molecule has 0 bridgehead atoms. The van der Waals surface area contributed by atoms with Crippen molar-refractivity contribution in [3.63, 3.8) is 0 Å². The highest BCUT2D eigenvalue weighted by Crippen LogP contribution is 2.25. The van der Waals surface area contributed by atoms with Gasteiger partial charge in [0, 0.05) is 29.0 Å². The van der Waals surface area contributed by atoms with E-state index in [-0.39, 0.29) is 10.6 Å². The molecule has 25 heavy (non-hydrogen) atoms. The third-order valence-corrected chi connectivity index (χ3v) is 4.78. The van der Waals surface area contributed by atoms with Crippen molar-refractivity contribution in [2.24, 2.45) is 0 Å². The van der Waals surface area contributed by atoms with Crippen molar-refractivity contribution >= 4 is 39.5 Å². The topological polar surface area (TPSA) is 46.4 Å². The summed E-state index contributed by atoms with van der Waals surface area (Å²) in [6.07, 6.45) is 3.85. The summed E-state index contributed by atoms with van der Waals surface area (Å²) in [6, 6.07) is 11.4. The SMILES string of the molecule is O=C(Nc1cccc(-c2cn3ccsc3n2)c1)c1c(F)cccc1Cl. The van der Waals surface area contributed by atoms with Gasteiger partial charge in [0.1, 0.15) is 5.82 Å². The van der Waals surface area contributed by atoms with Gasteiger partial charge in [0.2, 0.25) is 0 Å². The molecule has 0 saturated heterocycles. The van der Waals surface area contributed by atoms with Gasteiger partial charge in [-0.3, -0.25) is 9.20 Å². The number of nitrogens with zero attached hydrogens (tertiary/aromatic N) is 2.